The fourth-order valence-corrected chi connectivity index (χ4v) is 3.29. The van der Waals surface area contributed by atoms with Crippen molar-refractivity contribution in [3.63, 3.8) is 0 Å². The normalized spacial score (nSPS) is 13.4. The highest BCUT2D eigenvalue weighted by Gasteiger charge is 2.22. The fourth-order valence-electron chi connectivity index (χ4n) is 3.29. The zero-order valence-corrected chi connectivity index (χ0v) is 17.8. The van der Waals surface area contributed by atoms with E-state index in [1.807, 2.05) is 6.07 Å². The van der Waals surface area contributed by atoms with Gasteiger partial charge in [0.15, 0.2) is 18.1 Å². The number of esters is 1. The van der Waals surface area contributed by atoms with Gasteiger partial charge in [0, 0.05) is 44.0 Å². The van der Waals surface area contributed by atoms with Crippen molar-refractivity contribution in [1.82, 2.24) is 4.90 Å². The number of non-ortho nitro benzene ring substituents is 1. The molecule has 0 saturated carbocycles. The summed E-state index contributed by atoms with van der Waals surface area (Å²) in [5, 5.41) is 10.8. The maximum atomic E-state index is 12.4. The Balaban J connectivity index is 1.36. The van der Waals surface area contributed by atoms with E-state index in [0.29, 0.717) is 37.7 Å². The molecule has 0 N–H and O–H groups in total. The monoisotopic (exact) mass is 443 g/mol. The molecule has 10 heteroatoms. The molecule has 2 aromatic rings. The van der Waals surface area contributed by atoms with Crippen LogP contribution in [0.25, 0.3) is 0 Å². The molecule has 0 spiro atoms. The van der Waals surface area contributed by atoms with Crippen LogP contribution in [0.5, 0.6) is 11.5 Å². The minimum Gasteiger partial charge on any atom is -0.493 e. The third-order valence-electron chi connectivity index (χ3n) is 5.05. The van der Waals surface area contributed by atoms with Crippen LogP contribution in [-0.2, 0) is 14.3 Å². The summed E-state index contributed by atoms with van der Waals surface area (Å²) in [5.74, 6) is 0.332. The number of nitro benzene ring substituents is 1. The number of methoxy groups -OCH3 is 1. The molecule has 0 radical (unpaired) electrons. The van der Waals surface area contributed by atoms with Crippen LogP contribution in [-0.4, -0.2) is 68.2 Å². The van der Waals surface area contributed by atoms with E-state index in [9.17, 15) is 19.7 Å². The van der Waals surface area contributed by atoms with Crippen molar-refractivity contribution < 1.29 is 28.7 Å². The van der Waals surface area contributed by atoms with Crippen molar-refractivity contribution >= 4 is 23.3 Å². The number of nitrogens with zero attached hydrogens (tertiary/aromatic N) is 3. The predicted molar refractivity (Wildman–Crippen MR) is 116 cm³/mol. The van der Waals surface area contributed by atoms with E-state index < -0.39 is 10.9 Å². The highest BCUT2D eigenvalue weighted by atomic mass is 16.6. The summed E-state index contributed by atoms with van der Waals surface area (Å²) < 4.78 is 15.8. The molecule has 0 unspecified atom stereocenters. The third kappa shape index (κ3) is 6.10. The average molecular weight is 443 g/mol. The van der Waals surface area contributed by atoms with Gasteiger partial charge in [-0.2, -0.15) is 0 Å². The topological polar surface area (TPSA) is 111 Å². The van der Waals surface area contributed by atoms with E-state index in [1.54, 1.807) is 35.2 Å². The number of para-hydroxylation sites is 2. The molecule has 0 aromatic heterocycles. The molecular weight excluding hydrogens is 418 g/mol. The molecule has 10 nitrogen and oxygen atoms in total. The number of hydrogen-bond donors (Lipinski definition) is 0. The van der Waals surface area contributed by atoms with Gasteiger partial charge in [0.05, 0.1) is 25.1 Å². The number of rotatable bonds is 9. The Morgan fingerprint density at radius 2 is 1.66 bits per heavy atom. The van der Waals surface area contributed by atoms with E-state index in [1.165, 1.54) is 19.2 Å². The molecule has 1 aliphatic heterocycles. The van der Waals surface area contributed by atoms with Gasteiger partial charge in [-0.25, -0.2) is 0 Å². The number of piperazine rings is 1. The number of nitro groups is 1. The summed E-state index contributed by atoms with van der Waals surface area (Å²) in [7, 11) is 1.54. The first-order chi connectivity index (χ1) is 15.5. The third-order valence-corrected chi connectivity index (χ3v) is 5.05. The second-order valence-electron chi connectivity index (χ2n) is 7.05. The van der Waals surface area contributed by atoms with Gasteiger partial charge >= 0.3 is 5.97 Å². The van der Waals surface area contributed by atoms with Crippen LogP contribution in [0.4, 0.5) is 11.4 Å². The number of ether oxygens (including phenoxy) is 3. The van der Waals surface area contributed by atoms with Crippen molar-refractivity contribution in [3.8, 4) is 11.5 Å². The number of benzene rings is 2. The van der Waals surface area contributed by atoms with Crippen molar-refractivity contribution in [3.05, 3.63) is 58.6 Å². The van der Waals surface area contributed by atoms with Gasteiger partial charge in [-0.05, 0) is 24.3 Å². The van der Waals surface area contributed by atoms with Gasteiger partial charge in [-0.15, -0.1) is 0 Å². The smallest absolute Gasteiger partial charge is 0.309 e. The lowest BCUT2D eigenvalue weighted by Crippen LogP contribution is -2.49. The number of anilines is 1. The Labute approximate surface area is 185 Å². The van der Waals surface area contributed by atoms with E-state index in [2.05, 4.69) is 4.90 Å². The molecule has 32 heavy (non-hydrogen) atoms. The molecule has 0 bridgehead atoms. The summed E-state index contributed by atoms with van der Waals surface area (Å²) >= 11 is 0. The molecule has 1 aliphatic rings. The van der Waals surface area contributed by atoms with Crippen LogP contribution < -0.4 is 14.4 Å². The summed E-state index contributed by atoms with van der Waals surface area (Å²) in [5.41, 5.74) is 0.904. The van der Waals surface area contributed by atoms with Crippen LogP contribution in [0, 0.1) is 10.1 Å². The largest absolute Gasteiger partial charge is 0.493 e. The summed E-state index contributed by atoms with van der Waals surface area (Å²) in [6.45, 7) is 1.93. The molecule has 2 aromatic carbocycles. The molecule has 1 amide bonds. The second kappa shape index (κ2) is 11.0. The lowest BCUT2D eigenvalue weighted by atomic mass is 10.2. The van der Waals surface area contributed by atoms with Gasteiger partial charge in [0.25, 0.3) is 11.6 Å². The molecule has 170 valence electrons. The Morgan fingerprint density at radius 1 is 1.00 bits per heavy atom. The van der Waals surface area contributed by atoms with Crippen LogP contribution in [0.3, 0.4) is 0 Å². The summed E-state index contributed by atoms with van der Waals surface area (Å²) in [6.07, 6.45) is 0.0131. The molecule has 1 heterocycles. The quantitative estimate of drug-likeness (QED) is 0.330. The maximum Gasteiger partial charge on any atom is 0.309 e. The minimum atomic E-state index is -0.516. The summed E-state index contributed by atoms with van der Waals surface area (Å²) in [4.78, 5) is 38.3. The number of carbonyl (C=O) groups is 2. The fraction of sp³-hybridized carbons (Fsp3) is 0.364. The Bertz CT molecular complexity index is 941. The molecule has 0 aliphatic carbocycles. The average Bonchev–Trinajstić information content (AvgIpc) is 2.83. The van der Waals surface area contributed by atoms with Crippen LogP contribution >= 0.6 is 0 Å². The highest BCUT2D eigenvalue weighted by Crippen LogP contribution is 2.25. The number of carbonyl (C=O) groups excluding carboxylic acids is 2. The predicted octanol–water partition coefficient (Wildman–Crippen LogP) is 2.26. The number of hydrogen-bond acceptors (Lipinski definition) is 8. The Hall–Kier alpha value is -3.82. The standard InChI is InChI=1S/C22H25N3O7/c1-30-19-4-2-3-5-20(19)31-15-10-22(27)32-16-21(26)24-13-11-23(12-14-24)17-6-8-18(9-7-17)25(28)29/h2-9H,10-16H2,1H3. The lowest BCUT2D eigenvalue weighted by Gasteiger charge is -2.36. The summed E-state index contributed by atoms with van der Waals surface area (Å²) in [6, 6.07) is 13.4. The van der Waals surface area contributed by atoms with Gasteiger partial charge in [0.2, 0.25) is 0 Å². The van der Waals surface area contributed by atoms with Crippen LogP contribution in [0.15, 0.2) is 48.5 Å². The van der Waals surface area contributed by atoms with Crippen molar-refractivity contribution in [2.75, 3.05) is 51.4 Å². The van der Waals surface area contributed by atoms with Gasteiger partial charge < -0.3 is 24.0 Å². The zero-order chi connectivity index (χ0) is 22.9. The first kappa shape index (κ1) is 22.9. The van der Waals surface area contributed by atoms with E-state index in [4.69, 9.17) is 14.2 Å². The first-order valence-corrected chi connectivity index (χ1v) is 10.2. The second-order valence-corrected chi connectivity index (χ2v) is 7.05. The van der Waals surface area contributed by atoms with E-state index in [0.717, 1.165) is 5.69 Å². The van der Waals surface area contributed by atoms with Gasteiger partial charge in [-0.3, -0.25) is 19.7 Å². The number of amides is 1. The van der Waals surface area contributed by atoms with Gasteiger partial charge in [0.1, 0.15) is 0 Å². The Kier molecular flexibility index (Phi) is 7.85. The van der Waals surface area contributed by atoms with E-state index in [-0.39, 0.29) is 31.2 Å². The SMILES string of the molecule is COc1ccccc1OCCC(=O)OCC(=O)N1CCN(c2ccc([N+](=O)[O-])cc2)CC1. The molecular formula is C22H25N3O7. The van der Waals surface area contributed by atoms with Crippen molar-refractivity contribution in [2.24, 2.45) is 0 Å². The molecule has 0 atom stereocenters. The van der Waals surface area contributed by atoms with Gasteiger partial charge in [-0.1, -0.05) is 12.1 Å². The zero-order valence-electron chi connectivity index (χ0n) is 17.8. The lowest BCUT2D eigenvalue weighted by molar-refractivity contribution is -0.384. The van der Waals surface area contributed by atoms with E-state index >= 15 is 0 Å². The minimum absolute atomic E-state index is 0.0131. The molecule has 1 saturated heterocycles. The first-order valence-electron chi connectivity index (χ1n) is 10.2. The Morgan fingerprint density at radius 3 is 2.28 bits per heavy atom. The van der Waals surface area contributed by atoms with Crippen LogP contribution in [0.1, 0.15) is 6.42 Å². The maximum absolute atomic E-state index is 12.4. The van der Waals surface area contributed by atoms with Crippen molar-refractivity contribution in [1.29, 1.82) is 0 Å². The molecule has 3 rings (SSSR count). The van der Waals surface area contributed by atoms with Crippen molar-refractivity contribution in [2.45, 2.75) is 6.42 Å². The van der Waals surface area contributed by atoms with Crippen LogP contribution in [0.2, 0.25) is 0 Å². The molecule has 1 fully saturated rings. The highest BCUT2D eigenvalue weighted by molar-refractivity contribution is 5.81.